The second kappa shape index (κ2) is 8.17. The monoisotopic (exact) mass is 427 g/mol. The van der Waals surface area contributed by atoms with Crippen molar-refractivity contribution in [3.63, 3.8) is 0 Å². The number of nitrogens with one attached hydrogen (secondary N) is 1. The summed E-state index contributed by atoms with van der Waals surface area (Å²) in [5.74, 6) is 1.27. The molecular formula is C24H17N3O3S. The summed E-state index contributed by atoms with van der Waals surface area (Å²) in [6.07, 6.45) is 0. The first-order valence-electron chi connectivity index (χ1n) is 9.76. The fourth-order valence-electron chi connectivity index (χ4n) is 3.54. The van der Waals surface area contributed by atoms with E-state index in [9.17, 15) is 10.1 Å². The summed E-state index contributed by atoms with van der Waals surface area (Å²) in [5.41, 5.74) is 1.88. The van der Waals surface area contributed by atoms with Crippen molar-refractivity contribution < 1.29 is 14.3 Å². The number of rotatable bonds is 4. The number of hydrogen-bond donors (Lipinski definition) is 1. The van der Waals surface area contributed by atoms with Gasteiger partial charge in [-0.2, -0.15) is 5.26 Å². The minimum absolute atomic E-state index is 0.140. The number of nitriles is 1. The minimum atomic E-state index is -0.158. The standard InChI is InChI=1S/C24H17N3O3S/c25-13-17-10-16-11-21-22(30-9-8-29-21)12-20(16)27-24(17)31-14-23(28)26-19-7-3-5-15-4-1-2-6-18(15)19/h1-7,10-12H,8-9,14H2,(H,26,28). The molecule has 2 heterocycles. The van der Waals surface area contributed by atoms with Crippen molar-refractivity contribution in [3.8, 4) is 17.6 Å². The predicted molar refractivity (Wildman–Crippen MR) is 121 cm³/mol. The number of benzene rings is 3. The number of nitrogens with zero attached hydrogens (tertiary/aromatic N) is 2. The molecule has 1 aliphatic rings. The molecule has 1 aliphatic heterocycles. The smallest absolute Gasteiger partial charge is 0.234 e. The molecule has 0 saturated heterocycles. The van der Waals surface area contributed by atoms with E-state index in [-0.39, 0.29) is 11.7 Å². The van der Waals surface area contributed by atoms with Gasteiger partial charge in [-0.05, 0) is 23.6 Å². The van der Waals surface area contributed by atoms with Crippen molar-refractivity contribution in [2.45, 2.75) is 5.03 Å². The van der Waals surface area contributed by atoms with Gasteiger partial charge in [0.1, 0.15) is 24.3 Å². The first-order valence-corrected chi connectivity index (χ1v) is 10.7. The van der Waals surface area contributed by atoms with Gasteiger partial charge in [-0.25, -0.2) is 4.98 Å². The Labute approximate surface area is 182 Å². The van der Waals surface area contributed by atoms with Gasteiger partial charge in [0.2, 0.25) is 5.91 Å². The molecule has 5 rings (SSSR count). The van der Waals surface area contributed by atoms with Gasteiger partial charge >= 0.3 is 0 Å². The number of carbonyl (C=O) groups is 1. The summed E-state index contributed by atoms with van der Waals surface area (Å²) in [6.45, 7) is 0.988. The van der Waals surface area contributed by atoms with Gasteiger partial charge in [0.25, 0.3) is 0 Å². The molecule has 0 fully saturated rings. The highest BCUT2D eigenvalue weighted by Gasteiger charge is 2.16. The summed E-state index contributed by atoms with van der Waals surface area (Å²) in [7, 11) is 0. The Morgan fingerprint density at radius 2 is 1.81 bits per heavy atom. The molecule has 3 aromatic carbocycles. The molecule has 1 amide bonds. The van der Waals surface area contributed by atoms with Gasteiger partial charge in [0.15, 0.2) is 11.5 Å². The normalized spacial score (nSPS) is 12.5. The van der Waals surface area contributed by atoms with Crippen LogP contribution in [0, 0.1) is 11.3 Å². The van der Waals surface area contributed by atoms with Crippen molar-refractivity contribution >= 4 is 45.0 Å². The first kappa shape index (κ1) is 19.2. The van der Waals surface area contributed by atoms with E-state index in [1.165, 1.54) is 11.8 Å². The number of thioether (sulfide) groups is 1. The predicted octanol–water partition coefficient (Wildman–Crippen LogP) is 4.76. The van der Waals surface area contributed by atoms with Crippen LogP contribution in [0.5, 0.6) is 11.5 Å². The number of fused-ring (bicyclic) bond motifs is 3. The molecule has 0 aliphatic carbocycles. The van der Waals surface area contributed by atoms with Crippen LogP contribution in [0.15, 0.2) is 65.7 Å². The number of anilines is 1. The van der Waals surface area contributed by atoms with Gasteiger partial charge < -0.3 is 14.8 Å². The van der Waals surface area contributed by atoms with Crippen molar-refractivity contribution in [2.24, 2.45) is 0 Å². The van der Waals surface area contributed by atoms with E-state index in [2.05, 4.69) is 16.4 Å². The lowest BCUT2D eigenvalue weighted by Gasteiger charge is -2.18. The maximum absolute atomic E-state index is 12.6. The first-order chi connectivity index (χ1) is 15.2. The Morgan fingerprint density at radius 1 is 1.03 bits per heavy atom. The Balaban J connectivity index is 1.37. The molecule has 1 aromatic heterocycles. The Kier molecular flexibility index (Phi) is 5.06. The van der Waals surface area contributed by atoms with Crippen molar-refractivity contribution in [3.05, 3.63) is 66.2 Å². The lowest BCUT2D eigenvalue weighted by molar-refractivity contribution is -0.113. The van der Waals surface area contributed by atoms with Crippen LogP contribution in [0.3, 0.4) is 0 Å². The third kappa shape index (κ3) is 3.86. The molecule has 31 heavy (non-hydrogen) atoms. The molecule has 0 unspecified atom stereocenters. The summed E-state index contributed by atoms with van der Waals surface area (Å²) in [6, 6.07) is 21.3. The fraction of sp³-hybridized carbons (Fsp3) is 0.125. The van der Waals surface area contributed by atoms with Crippen LogP contribution in [-0.4, -0.2) is 29.9 Å². The average Bonchev–Trinajstić information content (AvgIpc) is 2.81. The van der Waals surface area contributed by atoms with Crippen LogP contribution in [0.25, 0.3) is 21.7 Å². The van der Waals surface area contributed by atoms with Crippen LogP contribution in [0.2, 0.25) is 0 Å². The molecular weight excluding hydrogens is 410 g/mol. The van der Waals surface area contributed by atoms with E-state index in [0.717, 1.165) is 21.8 Å². The number of carbonyl (C=O) groups excluding carboxylic acids is 1. The molecule has 6 nitrogen and oxygen atoms in total. The summed E-state index contributed by atoms with van der Waals surface area (Å²) in [4.78, 5) is 17.2. The molecule has 0 bridgehead atoms. The quantitative estimate of drug-likeness (QED) is 0.473. The van der Waals surface area contributed by atoms with Gasteiger partial charge in [-0.15, -0.1) is 0 Å². The SMILES string of the molecule is N#Cc1cc2cc3c(cc2nc1SCC(=O)Nc1cccc2ccccc12)OCCO3. The maximum Gasteiger partial charge on any atom is 0.234 e. The molecule has 0 radical (unpaired) electrons. The third-order valence-corrected chi connectivity index (χ3v) is 5.96. The molecule has 4 aromatic rings. The summed E-state index contributed by atoms with van der Waals surface area (Å²) >= 11 is 1.24. The van der Waals surface area contributed by atoms with Crippen LogP contribution in [0.4, 0.5) is 5.69 Å². The van der Waals surface area contributed by atoms with Gasteiger partial charge in [-0.1, -0.05) is 48.2 Å². The minimum Gasteiger partial charge on any atom is -0.486 e. The lowest BCUT2D eigenvalue weighted by Crippen LogP contribution is -2.15. The van der Waals surface area contributed by atoms with E-state index in [1.807, 2.05) is 54.6 Å². The number of amides is 1. The molecule has 0 spiro atoms. The summed E-state index contributed by atoms with van der Waals surface area (Å²) in [5, 5.41) is 15.9. The van der Waals surface area contributed by atoms with Crippen LogP contribution in [-0.2, 0) is 4.79 Å². The topological polar surface area (TPSA) is 84.2 Å². The summed E-state index contributed by atoms with van der Waals surface area (Å²) < 4.78 is 11.2. The molecule has 1 N–H and O–H groups in total. The number of hydrogen-bond acceptors (Lipinski definition) is 6. The molecule has 0 saturated carbocycles. The molecule has 0 atom stereocenters. The Bertz CT molecular complexity index is 1360. The Morgan fingerprint density at radius 3 is 2.65 bits per heavy atom. The zero-order chi connectivity index (χ0) is 21.2. The van der Waals surface area contributed by atoms with Gasteiger partial charge in [-0.3, -0.25) is 4.79 Å². The number of pyridine rings is 1. The van der Waals surface area contributed by atoms with Crippen molar-refractivity contribution in [1.82, 2.24) is 4.98 Å². The largest absolute Gasteiger partial charge is 0.486 e. The number of ether oxygens (including phenoxy) is 2. The Hall–Kier alpha value is -3.76. The van der Waals surface area contributed by atoms with E-state index in [1.54, 1.807) is 6.07 Å². The third-order valence-electron chi connectivity index (χ3n) is 4.97. The highest BCUT2D eigenvalue weighted by Crippen LogP contribution is 2.35. The van der Waals surface area contributed by atoms with Crippen LogP contribution >= 0.6 is 11.8 Å². The second-order valence-electron chi connectivity index (χ2n) is 7.01. The van der Waals surface area contributed by atoms with E-state index in [4.69, 9.17) is 9.47 Å². The second-order valence-corrected chi connectivity index (χ2v) is 7.97. The van der Waals surface area contributed by atoms with E-state index < -0.39 is 0 Å². The lowest BCUT2D eigenvalue weighted by atomic mass is 10.1. The van der Waals surface area contributed by atoms with Gasteiger partial charge in [0.05, 0.1) is 16.8 Å². The molecule has 152 valence electrons. The van der Waals surface area contributed by atoms with Crippen molar-refractivity contribution in [1.29, 1.82) is 5.26 Å². The molecule has 7 heteroatoms. The van der Waals surface area contributed by atoms with E-state index in [0.29, 0.717) is 40.8 Å². The average molecular weight is 427 g/mol. The van der Waals surface area contributed by atoms with Gasteiger partial charge in [0, 0.05) is 22.5 Å². The van der Waals surface area contributed by atoms with Crippen molar-refractivity contribution in [2.75, 3.05) is 24.3 Å². The zero-order valence-corrected chi connectivity index (χ0v) is 17.2. The zero-order valence-electron chi connectivity index (χ0n) is 16.4. The highest BCUT2D eigenvalue weighted by molar-refractivity contribution is 8.00. The highest BCUT2D eigenvalue weighted by atomic mass is 32.2. The fourth-order valence-corrected chi connectivity index (χ4v) is 4.30. The van der Waals surface area contributed by atoms with Crippen LogP contribution in [0.1, 0.15) is 5.56 Å². The number of aromatic nitrogens is 1. The van der Waals surface area contributed by atoms with Crippen LogP contribution < -0.4 is 14.8 Å². The maximum atomic E-state index is 12.6. The van der Waals surface area contributed by atoms with E-state index >= 15 is 0 Å².